The lowest BCUT2D eigenvalue weighted by atomic mass is 10.4. The van der Waals surface area contributed by atoms with Gasteiger partial charge in [0.1, 0.15) is 0 Å². The Morgan fingerprint density at radius 1 is 1.07 bits per heavy atom. The molecular weight excluding hydrogens is 192 g/mol. The molecule has 3 heteroatoms. The summed E-state index contributed by atoms with van der Waals surface area (Å²) >= 11 is 2.07. The summed E-state index contributed by atoms with van der Waals surface area (Å²) in [6.45, 7) is 12.9. The van der Waals surface area contributed by atoms with Crippen LogP contribution in [0.25, 0.3) is 0 Å². The van der Waals surface area contributed by atoms with Gasteiger partial charge in [0.15, 0.2) is 0 Å². The van der Waals surface area contributed by atoms with E-state index in [0.717, 1.165) is 6.54 Å². The predicted molar refractivity (Wildman–Crippen MR) is 70.4 cm³/mol. The van der Waals surface area contributed by atoms with Crippen LogP contribution in [0, 0.1) is 0 Å². The molecule has 0 amide bonds. The van der Waals surface area contributed by atoms with Crippen LogP contribution >= 0.6 is 11.8 Å². The van der Waals surface area contributed by atoms with Crippen molar-refractivity contribution in [1.82, 2.24) is 10.2 Å². The van der Waals surface area contributed by atoms with Gasteiger partial charge in [-0.2, -0.15) is 11.8 Å². The van der Waals surface area contributed by atoms with Gasteiger partial charge in [0.2, 0.25) is 0 Å². The summed E-state index contributed by atoms with van der Waals surface area (Å²) < 4.78 is 0. The third-order valence-electron chi connectivity index (χ3n) is 1.78. The largest absolute Gasteiger partial charge is 0.318 e. The number of nitrogens with one attached hydrogen (secondary N) is 1. The van der Waals surface area contributed by atoms with E-state index in [-0.39, 0.29) is 0 Å². The van der Waals surface area contributed by atoms with Gasteiger partial charge < -0.3 is 10.2 Å². The molecule has 14 heavy (non-hydrogen) atoms. The number of hydrogen-bond donors (Lipinski definition) is 1. The van der Waals surface area contributed by atoms with Crippen LogP contribution in [0.1, 0.15) is 27.7 Å². The molecule has 0 aromatic rings. The molecule has 0 unspecified atom stereocenters. The lowest BCUT2D eigenvalue weighted by Gasteiger charge is -2.25. The average molecular weight is 220 g/mol. The molecular formula is C11H28N2S. The smallest absolute Gasteiger partial charge is 0.0107 e. The Morgan fingerprint density at radius 3 is 2.00 bits per heavy atom. The Hall–Kier alpha value is 0.270. The fourth-order valence-electron chi connectivity index (χ4n) is 1.09. The van der Waals surface area contributed by atoms with Crippen LogP contribution < -0.4 is 5.32 Å². The standard InChI is InChI=1S/C7H16N2S.2C2H6/c1-8-2-3-9-4-6-10-7-5-9;2*1-2/h8H,2-7H2,1H3;2*1-2H3. The maximum Gasteiger partial charge on any atom is 0.0107 e. The van der Waals surface area contributed by atoms with Crippen molar-refractivity contribution in [3.63, 3.8) is 0 Å². The monoisotopic (exact) mass is 220 g/mol. The highest BCUT2D eigenvalue weighted by molar-refractivity contribution is 7.99. The summed E-state index contributed by atoms with van der Waals surface area (Å²) in [5, 5.41) is 3.17. The van der Waals surface area contributed by atoms with E-state index < -0.39 is 0 Å². The van der Waals surface area contributed by atoms with Gasteiger partial charge in [-0.15, -0.1) is 0 Å². The molecule has 1 aliphatic heterocycles. The highest BCUT2D eigenvalue weighted by Gasteiger charge is 2.07. The zero-order valence-corrected chi connectivity index (χ0v) is 11.4. The van der Waals surface area contributed by atoms with E-state index in [4.69, 9.17) is 0 Å². The molecule has 0 radical (unpaired) electrons. The molecule has 0 aromatic carbocycles. The van der Waals surface area contributed by atoms with Crippen molar-refractivity contribution < 1.29 is 0 Å². The summed E-state index contributed by atoms with van der Waals surface area (Å²) in [6.07, 6.45) is 0. The molecule has 88 valence electrons. The van der Waals surface area contributed by atoms with Crippen molar-refractivity contribution in [3.8, 4) is 0 Å². The molecule has 1 rings (SSSR count). The molecule has 0 spiro atoms. The molecule has 1 N–H and O–H groups in total. The molecule has 0 aromatic heterocycles. The second-order valence-electron chi connectivity index (χ2n) is 2.56. The molecule has 1 fully saturated rings. The van der Waals surface area contributed by atoms with Gasteiger partial charge in [-0.3, -0.25) is 0 Å². The lowest BCUT2D eigenvalue weighted by molar-refractivity contribution is 0.304. The van der Waals surface area contributed by atoms with Crippen LogP contribution in [0.4, 0.5) is 0 Å². The second kappa shape index (κ2) is 15.7. The predicted octanol–water partition coefficient (Wildman–Crippen LogP) is 2.31. The van der Waals surface area contributed by atoms with E-state index >= 15 is 0 Å². The minimum absolute atomic E-state index is 1.13. The zero-order valence-electron chi connectivity index (χ0n) is 10.6. The van der Waals surface area contributed by atoms with Gasteiger partial charge in [-0.25, -0.2) is 0 Å². The first kappa shape index (κ1) is 16.7. The zero-order chi connectivity index (χ0) is 11.2. The molecule has 0 bridgehead atoms. The van der Waals surface area contributed by atoms with Crippen molar-refractivity contribution in [2.24, 2.45) is 0 Å². The van der Waals surface area contributed by atoms with Gasteiger partial charge in [-0.1, -0.05) is 27.7 Å². The van der Waals surface area contributed by atoms with Crippen molar-refractivity contribution in [2.75, 3.05) is 44.7 Å². The fourth-order valence-corrected chi connectivity index (χ4v) is 2.07. The molecule has 0 atom stereocenters. The quantitative estimate of drug-likeness (QED) is 0.786. The van der Waals surface area contributed by atoms with Gasteiger partial charge in [0.05, 0.1) is 0 Å². The Kier molecular flexibility index (Phi) is 18.8. The number of thioether (sulfide) groups is 1. The SMILES string of the molecule is CC.CC.CNCCN1CCSCC1. The van der Waals surface area contributed by atoms with E-state index in [9.17, 15) is 0 Å². The Morgan fingerprint density at radius 2 is 1.57 bits per heavy atom. The molecule has 1 saturated heterocycles. The number of likely N-dealkylation sites (N-methyl/N-ethyl adjacent to an activating group) is 1. The molecule has 2 nitrogen and oxygen atoms in total. The van der Waals surface area contributed by atoms with Crippen molar-refractivity contribution in [3.05, 3.63) is 0 Å². The van der Waals surface area contributed by atoms with Crippen LogP contribution in [-0.2, 0) is 0 Å². The summed E-state index contributed by atoms with van der Waals surface area (Å²) in [5.41, 5.74) is 0. The molecule has 1 heterocycles. The number of nitrogens with zero attached hydrogens (tertiary/aromatic N) is 1. The third-order valence-corrected chi connectivity index (χ3v) is 2.72. The highest BCUT2D eigenvalue weighted by atomic mass is 32.2. The highest BCUT2D eigenvalue weighted by Crippen LogP contribution is 2.07. The van der Waals surface area contributed by atoms with Crippen LogP contribution in [0.3, 0.4) is 0 Å². The topological polar surface area (TPSA) is 15.3 Å². The molecule has 0 saturated carbocycles. The fraction of sp³-hybridized carbons (Fsp3) is 1.00. The molecule has 1 aliphatic rings. The Bertz CT molecular complexity index is 83.4. The third kappa shape index (κ3) is 10.4. The van der Waals surface area contributed by atoms with E-state index in [1.807, 2.05) is 34.7 Å². The van der Waals surface area contributed by atoms with E-state index in [0.29, 0.717) is 0 Å². The lowest BCUT2D eigenvalue weighted by Crippen LogP contribution is -2.37. The van der Waals surface area contributed by atoms with Gasteiger partial charge in [0, 0.05) is 37.7 Å². The summed E-state index contributed by atoms with van der Waals surface area (Å²) in [5.74, 6) is 2.65. The van der Waals surface area contributed by atoms with Crippen molar-refractivity contribution in [2.45, 2.75) is 27.7 Å². The minimum atomic E-state index is 1.13. The van der Waals surface area contributed by atoms with Crippen LogP contribution in [0.5, 0.6) is 0 Å². The Labute approximate surface area is 94.8 Å². The van der Waals surface area contributed by atoms with Crippen molar-refractivity contribution in [1.29, 1.82) is 0 Å². The maximum absolute atomic E-state index is 3.17. The minimum Gasteiger partial charge on any atom is -0.318 e. The second-order valence-corrected chi connectivity index (χ2v) is 3.78. The van der Waals surface area contributed by atoms with Crippen molar-refractivity contribution >= 4 is 11.8 Å². The normalized spacial score (nSPS) is 16.1. The first-order valence-electron chi connectivity index (χ1n) is 5.88. The summed E-state index contributed by atoms with van der Waals surface area (Å²) in [4.78, 5) is 2.52. The van der Waals surface area contributed by atoms with Crippen LogP contribution in [0.15, 0.2) is 0 Å². The number of hydrogen-bond acceptors (Lipinski definition) is 3. The van der Waals surface area contributed by atoms with Crippen LogP contribution in [0.2, 0.25) is 0 Å². The van der Waals surface area contributed by atoms with Gasteiger partial charge >= 0.3 is 0 Å². The number of rotatable bonds is 3. The first-order chi connectivity index (χ1) is 6.93. The average Bonchev–Trinajstić information content (AvgIpc) is 2.33. The summed E-state index contributed by atoms with van der Waals surface area (Å²) in [7, 11) is 2.01. The van der Waals surface area contributed by atoms with Gasteiger partial charge in [-0.05, 0) is 7.05 Å². The maximum atomic E-state index is 3.17. The first-order valence-corrected chi connectivity index (χ1v) is 7.03. The summed E-state index contributed by atoms with van der Waals surface area (Å²) in [6, 6.07) is 0. The van der Waals surface area contributed by atoms with Gasteiger partial charge in [0.25, 0.3) is 0 Å². The van der Waals surface area contributed by atoms with E-state index in [1.54, 1.807) is 0 Å². The Balaban J connectivity index is 0. The van der Waals surface area contributed by atoms with E-state index in [1.165, 1.54) is 31.1 Å². The van der Waals surface area contributed by atoms with E-state index in [2.05, 4.69) is 22.0 Å². The van der Waals surface area contributed by atoms with Crippen LogP contribution in [-0.4, -0.2) is 49.6 Å². The molecule has 0 aliphatic carbocycles.